The van der Waals surface area contributed by atoms with Gasteiger partial charge in [-0.3, -0.25) is 4.68 Å². The summed E-state index contributed by atoms with van der Waals surface area (Å²) >= 11 is 3.56. The molecule has 1 heterocycles. The van der Waals surface area contributed by atoms with Crippen LogP contribution in [0.2, 0.25) is 0 Å². The SMILES string of the molecule is CCn1nc(C)c(Br)c1CC(O)C1(C)CC1. The molecule has 0 bridgehead atoms. The Morgan fingerprint density at radius 3 is 2.69 bits per heavy atom. The number of aliphatic hydroxyl groups excluding tert-OH is 1. The fraction of sp³-hybridized carbons (Fsp3) is 0.750. The first kappa shape index (κ1) is 12.1. The van der Waals surface area contributed by atoms with E-state index in [0.717, 1.165) is 35.2 Å². The second kappa shape index (κ2) is 4.15. The summed E-state index contributed by atoms with van der Waals surface area (Å²) in [6, 6.07) is 0. The lowest BCUT2D eigenvalue weighted by Gasteiger charge is -2.18. The van der Waals surface area contributed by atoms with Crippen LogP contribution in [0.4, 0.5) is 0 Å². The van der Waals surface area contributed by atoms with Crippen molar-refractivity contribution in [2.75, 3.05) is 0 Å². The van der Waals surface area contributed by atoms with Crippen LogP contribution in [-0.2, 0) is 13.0 Å². The van der Waals surface area contributed by atoms with Gasteiger partial charge < -0.3 is 5.11 Å². The van der Waals surface area contributed by atoms with E-state index in [9.17, 15) is 5.11 Å². The van der Waals surface area contributed by atoms with Gasteiger partial charge in [0.25, 0.3) is 0 Å². The van der Waals surface area contributed by atoms with E-state index in [1.54, 1.807) is 0 Å². The average molecular weight is 287 g/mol. The minimum absolute atomic E-state index is 0.149. The van der Waals surface area contributed by atoms with Crippen molar-refractivity contribution in [1.29, 1.82) is 0 Å². The Hall–Kier alpha value is -0.350. The third-order valence-corrected chi connectivity index (χ3v) is 4.71. The van der Waals surface area contributed by atoms with Crippen LogP contribution in [0.5, 0.6) is 0 Å². The predicted octanol–water partition coefficient (Wildman–Crippen LogP) is 2.68. The smallest absolute Gasteiger partial charge is 0.0738 e. The lowest BCUT2D eigenvalue weighted by atomic mass is 9.97. The molecule has 1 atom stereocenters. The molecule has 1 aliphatic carbocycles. The minimum Gasteiger partial charge on any atom is -0.392 e. The molecule has 0 radical (unpaired) electrons. The molecule has 2 rings (SSSR count). The number of hydrogen-bond donors (Lipinski definition) is 1. The number of aliphatic hydroxyl groups is 1. The van der Waals surface area contributed by atoms with Crippen molar-refractivity contribution in [2.24, 2.45) is 5.41 Å². The van der Waals surface area contributed by atoms with Gasteiger partial charge in [-0.25, -0.2) is 0 Å². The Kier molecular flexibility index (Phi) is 3.14. The van der Waals surface area contributed by atoms with Crippen molar-refractivity contribution in [3.8, 4) is 0 Å². The summed E-state index contributed by atoms with van der Waals surface area (Å²) in [5.41, 5.74) is 2.28. The summed E-state index contributed by atoms with van der Waals surface area (Å²) in [6.45, 7) is 7.08. The van der Waals surface area contributed by atoms with E-state index in [1.807, 2.05) is 11.6 Å². The van der Waals surface area contributed by atoms with Gasteiger partial charge in [0.05, 0.1) is 22.0 Å². The average Bonchev–Trinajstić information content (AvgIpc) is 2.95. The van der Waals surface area contributed by atoms with Crippen LogP contribution in [0.1, 0.15) is 38.1 Å². The maximum absolute atomic E-state index is 10.2. The summed E-state index contributed by atoms with van der Waals surface area (Å²) < 4.78 is 3.03. The van der Waals surface area contributed by atoms with Crippen LogP contribution in [0.3, 0.4) is 0 Å². The Labute approximate surface area is 105 Å². The number of nitrogens with zero attached hydrogens (tertiary/aromatic N) is 2. The van der Waals surface area contributed by atoms with Gasteiger partial charge in [0.1, 0.15) is 0 Å². The van der Waals surface area contributed by atoms with Gasteiger partial charge in [-0.1, -0.05) is 6.92 Å². The molecule has 0 aliphatic heterocycles. The third-order valence-electron chi connectivity index (χ3n) is 3.68. The number of aromatic nitrogens is 2. The van der Waals surface area contributed by atoms with Crippen molar-refractivity contribution in [1.82, 2.24) is 9.78 Å². The molecule has 16 heavy (non-hydrogen) atoms. The van der Waals surface area contributed by atoms with Crippen LogP contribution in [-0.4, -0.2) is 21.0 Å². The van der Waals surface area contributed by atoms with Crippen LogP contribution < -0.4 is 0 Å². The minimum atomic E-state index is -0.245. The molecule has 0 aromatic carbocycles. The molecule has 0 saturated heterocycles. The lowest BCUT2D eigenvalue weighted by Crippen LogP contribution is -2.23. The summed E-state index contributed by atoms with van der Waals surface area (Å²) in [5.74, 6) is 0. The molecule has 1 aromatic heterocycles. The number of hydrogen-bond acceptors (Lipinski definition) is 2. The van der Waals surface area contributed by atoms with Crippen molar-refractivity contribution >= 4 is 15.9 Å². The van der Waals surface area contributed by atoms with Crippen molar-refractivity contribution in [3.05, 3.63) is 15.9 Å². The zero-order valence-electron chi connectivity index (χ0n) is 10.1. The van der Waals surface area contributed by atoms with E-state index >= 15 is 0 Å². The highest BCUT2D eigenvalue weighted by Gasteiger charge is 2.44. The molecule has 1 saturated carbocycles. The first-order valence-corrected chi connectivity index (χ1v) is 6.67. The summed E-state index contributed by atoms with van der Waals surface area (Å²) in [5, 5.41) is 14.6. The van der Waals surface area contributed by atoms with Gasteiger partial charge in [0.2, 0.25) is 0 Å². The second-order valence-corrected chi connectivity index (χ2v) is 5.83. The van der Waals surface area contributed by atoms with E-state index in [-0.39, 0.29) is 11.5 Å². The Bertz CT molecular complexity index is 396. The Morgan fingerprint density at radius 1 is 1.56 bits per heavy atom. The largest absolute Gasteiger partial charge is 0.392 e. The van der Waals surface area contributed by atoms with E-state index in [4.69, 9.17) is 0 Å². The van der Waals surface area contributed by atoms with Gasteiger partial charge in [-0.05, 0) is 48.0 Å². The molecule has 1 unspecified atom stereocenters. The van der Waals surface area contributed by atoms with Crippen molar-refractivity contribution in [2.45, 2.75) is 52.7 Å². The Balaban J connectivity index is 2.19. The molecule has 1 fully saturated rings. The maximum Gasteiger partial charge on any atom is 0.0738 e. The zero-order chi connectivity index (χ0) is 11.9. The van der Waals surface area contributed by atoms with Gasteiger partial charge in [0, 0.05) is 13.0 Å². The van der Waals surface area contributed by atoms with Crippen LogP contribution in [0.15, 0.2) is 4.47 Å². The molecule has 3 nitrogen and oxygen atoms in total. The summed E-state index contributed by atoms with van der Waals surface area (Å²) in [7, 11) is 0. The quantitative estimate of drug-likeness (QED) is 0.924. The van der Waals surface area contributed by atoms with Crippen molar-refractivity contribution in [3.63, 3.8) is 0 Å². The van der Waals surface area contributed by atoms with E-state index in [1.165, 1.54) is 0 Å². The number of aryl methyl sites for hydroxylation is 2. The zero-order valence-corrected chi connectivity index (χ0v) is 11.7. The maximum atomic E-state index is 10.2. The molecule has 0 amide bonds. The highest BCUT2D eigenvalue weighted by molar-refractivity contribution is 9.10. The van der Waals surface area contributed by atoms with Gasteiger partial charge in [-0.2, -0.15) is 5.10 Å². The summed E-state index contributed by atoms with van der Waals surface area (Å²) in [4.78, 5) is 0. The number of rotatable bonds is 4. The van der Waals surface area contributed by atoms with Crippen LogP contribution in [0, 0.1) is 12.3 Å². The highest BCUT2D eigenvalue weighted by atomic mass is 79.9. The van der Waals surface area contributed by atoms with Crippen LogP contribution >= 0.6 is 15.9 Å². The lowest BCUT2D eigenvalue weighted by molar-refractivity contribution is 0.101. The first-order chi connectivity index (χ1) is 7.48. The predicted molar refractivity (Wildman–Crippen MR) is 67.4 cm³/mol. The monoisotopic (exact) mass is 286 g/mol. The summed E-state index contributed by atoms with van der Waals surface area (Å²) in [6.07, 6.45) is 2.74. The van der Waals surface area contributed by atoms with Gasteiger partial charge in [0.15, 0.2) is 0 Å². The molecular weight excluding hydrogens is 268 g/mol. The van der Waals surface area contributed by atoms with E-state index in [0.29, 0.717) is 6.42 Å². The van der Waals surface area contributed by atoms with Gasteiger partial charge in [-0.15, -0.1) is 0 Å². The normalized spacial score (nSPS) is 19.8. The molecule has 1 aromatic rings. The Morgan fingerprint density at radius 2 is 2.19 bits per heavy atom. The first-order valence-electron chi connectivity index (χ1n) is 5.88. The molecule has 0 spiro atoms. The number of halogens is 1. The fourth-order valence-corrected chi connectivity index (χ4v) is 2.47. The van der Waals surface area contributed by atoms with Crippen molar-refractivity contribution < 1.29 is 5.11 Å². The van der Waals surface area contributed by atoms with E-state index < -0.39 is 0 Å². The molecule has 1 N–H and O–H groups in total. The second-order valence-electron chi connectivity index (χ2n) is 5.04. The van der Waals surface area contributed by atoms with Crippen LogP contribution in [0.25, 0.3) is 0 Å². The standard InChI is InChI=1S/C12H19BrN2O/c1-4-15-9(11(13)8(2)14-15)7-10(16)12(3)5-6-12/h10,16H,4-7H2,1-3H3. The van der Waals surface area contributed by atoms with Gasteiger partial charge >= 0.3 is 0 Å². The molecular formula is C12H19BrN2O. The highest BCUT2D eigenvalue weighted by Crippen LogP contribution is 2.49. The molecule has 90 valence electrons. The molecule has 4 heteroatoms. The van der Waals surface area contributed by atoms with E-state index in [2.05, 4.69) is 34.9 Å². The fourth-order valence-electron chi connectivity index (χ4n) is 2.02. The molecule has 1 aliphatic rings. The third kappa shape index (κ3) is 2.05. The topological polar surface area (TPSA) is 38.0 Å².